The number of nitrogens with two attached hydrogens (primary N) is 1. The molecule has 3 heteroatoms. The first-order valence-corrected chi connectivity index (χ1v) is 6.74. The molecular formula is C15H25N3. The van der Waals surface area contributed by atoms with Gasteiger partial charge in [0.25, 0.3) is 0 Å². The summed E-state index contributed by atoms with van der Waals surface area (Å²) in [6.45, 7) is 7.33. The van der Waals surface area contributed by atoms with Crippen LogP contribution in [0, 0.1) is 12.8 Å². The van der Waals surface area contributed by atoms with Gasteiger partial charge in [0.1, 0.15) is 0 Å². The molecule has 2 N–H and O–H groups in total. The summed E-state index contributed by atoms with van der Waals surface area (Å²) in [7, 11) is 4.34. The summed E-state index contributed by atoms with van der Waals surface area (Å²) >= 11 is 0. The molecule has 0 spiro atoms. The van der Waals surface area contributed by atoms with Crippen molar-refractivity contribution in [2.24, 2.45) is 11.7 Å². The summed E-state index contributed by atoms with van der Waals surface area (Å²) in [5.41, 5.74) is 9.75. The van der Waals surface area contributed by atoms with Gasteiger partial charge < -0.3 is 15.5 Å². The predicted octanol–water partition coefficient (Wildman–Crippen LogP) is 1.84. The van der Waals surface area contributed by atoms with Crippen LogP contribution in [0.1, 0.15) is 18.1 Å². The van der Waals surface area contributed by atoms with Crippen molar-refractivity contribution < 1.29 is 0 Å². The molecule has 2 atom stereocenters. The molecule has 0 saturated carbocycles. The first-order chi connectivity index (χ1) is 8.52. The highest BCUT2D eigenvalue weighted by Gasteiger charge is 2.31. The molecule has 1 aromatic carbocycles. The van der Waals surface area contributed by atoms with Crippen LogP contribution in [0.3, 0.4) is 0 Å². The Morgan fingerprint density at radius 2 is 2.06 bits per heavy atom. The van der Waals surface area contributed by atoms with E-state index in [2.05, 4.69) is 55.9 Å². The van der Waals surface area contributed by atoms with Crippen LogP contribution in [0.2, 0.25) is 0 Å². The molecular weight excluding hydrogens is 222 g/mol. The fourth-order valence-electron chi connectivity index (χ4n) is 2.96. The number of anilines is 1. The number of hydrogen-bond donors (Lipinski definition) is 1. The van der Waals surface area contributed by atoms with Gasteiger partial charge in [-0.1, -0.05) is 19.1 Å². The normalized spacial score (nSPS) is 24.0. The van der Waals surface area contributed by atoms with Crippen molar-refractivity contribution in [2.45, 2.75) is 26.4 Å². The molecule has 1 heterocycles. The average molecular weight is 247 g/mol. The third-order valence-corrected chi connectivity index (χ3v) is 4.04. The molecule has 1 saturated heterocycles. The lowest BCUT2D eigenvalue weighted by Gasteiger charge is -2.24. The monoisotopic (exact) mass is 247 g/mol. The lowest BCUT2D eigenvalue weighted by molar-refractivity contribution is 0.266. The lowest BCUT2D eigenvalue weighted by atomic mass is 10.1. The minimum Gasteiger partial charge on any atom is -0.369 e. The fourth-order valence-corrected chi connectivity index (χ4v) is 2.96. The summed E-state index contributed by atoms with van der Waals surface area (Å²) in [6, 6.07) is 7.22. The van der Waals surface area contributed by atoms with Crippen LogP contribution in [0.15, 0.2) is 18.2 Å². The molecule has 1 aliphatic rings. The first kappa shape index (κ1) is 13.4. The van der Waals surface area contributed by atoms with Crippen LogP contribution in [0.5, 0.6) is 0 Å². The van der Waals surface area contributed by atoms with Gasteiger partial charge in [-0.05, 0) is 44.1 Å². The molecule has 3 nitrogen and oxygen atoms in total. The quantitative estimate of drug-likeness (QED) is 0.884. The number of likely N-dealkylation sites (N-methyl/N-ethyl adjacent to an activating group) is 1. The predicted molar refractivity (Wildman–Crippen MR) is 77.9 cm³/mol. The summed E-state index contributed by atoms with van der Waals surface area (Å²) in [5.74, 6) is 0.700. The van der Waals surface area contributed by atoms with Gasteiger partial charge >= 0.3 is 0 Å². The van der Waals surface area contributed by atoms with E-state index in [0.29, 0.717) is 18.5 Å². The Balaban J connectivity index is 2.25. The molecule has 0 bridgehead atoms. The molecule has 18 heavy (non-hydrogen) atoms. The van der Waals surface area contributed by atoms with Gasteiger partial charge in [-0.25, -0.2) is 0 Å². The second-order valence-electron chi connectivity index (χ2n) is 5.75. The summed E-state index contributed by atoms with van der Waals surface area (Å²) in [4.78, 5) is 4.83. The number of nitrogens with zero attached hydrogens (tertiary/aromatic N) is 2. The van der Waals surface area contributed by atoms with Crippen molar-refractivity contribution in [3.63, 3.8) is 0 Å². The van der Waals surface area contributed by atoms with Gasteiger partial charge in [0.05, 0.1) is 0 Å². The third kappa shape index (κ3) is 2.52. The Morgan fingerprint density at radius 1 is 1.33 bits per heavy atom. The van der Waals surface area contributed by atoms with Gasteiger partial charge in [-0.2, -0.15) is 0 Å². The molecule has 0 aliphatic carbocycles. The van der Waals surface area contributed by atoms with Gasteiger partial charge in [-0.15, -0.1) is 0 Å². The molecule has 1 aromatic rings. The van der Waals surface area contributed by atoms with Crippen LogP contribution < -0.4 is 10.6 Å². The van der Waals surface area contributed by atoms with E-state index in [4.69, 9.17) is 5.73 Å². The van der Waals surface area contributed by atoms with Crippen molar-refractivity contribution >= 4 is 5.69 Å². The largest absolute Gasteiger partial charge is 0.369 e. The Labute approximate surface area is 111 Å². The minimum atomic E-state index is 0.618. The number of hydrogen-bond acceptors (Lipinski definition) is 3. The Bertz CT molecular complexity index is 414. The zero-order valence-electron chi connectivity index (χ0n) is 12.0. The molecule has 0 amide bonds. The molecule has 0 radical (unpaired) electrons. The Morgan fingerprint density at radius 3 is 2.61 bits per heavy atom. The van der Waals surface area contributed by atoms with Crippen molar-refractivity contribution in [3.8, 4) is 0 Å². The van der Waals surface area contributed by atoms with E-state index in [-0.39, 0.29) is 0 Å². The van der Waals surface area contributed by atoms with Gasteiger partial charge in [0.15, 0.2) is 0 Å². The van der Waals surface area contributed by atoms with E-state index in [1.54, 1.807) is 0 Å². The van der Waals surface area contributed by atoms with Gasteiger partial charge in [-0.3, -0.25) is 0 Å². The van der Waals surface area contributed by atoms with E-state index in [1.807, 2.05) is 0 Å². The molecule has 0 aromatic heterocycles. The number of aryl methyl sites for hydroxylation is 1. The Kier molecular flexibility index (Phi) is 3.93. The summed E-state index contributed by atoms with van der Waals surface area (Å²) < 4.78 is 0. The highest BCUT2D eigenvalue weighted by atomic mass is 15.2. The van der Waals surface area contributed by atoms with E-state index >= 15 is 0 Å². The maximum absolute atomic E-state index is 5.86. The third-order valence-electron chi connectivity index (χ3n) is 4.04. The van der Waals surface area contributed by atoms with Gasteiger partial charge in [0.2, 0.25) is 0 Å². The molecule has 100 valence electrons. The maximum Gasteiger partial charge on any atom is 0.0415 e. The SMILES string of the molecule is Cc1ccc(CN)c(N2CC(C)C(N(C)C)C2)c1. The summed E-state index contributed by atoms with van der Waals surface area (Å²) in [5, 5.41) is 0. The maximum atomic E-state index is 5.86. The standard InChI is InChI=1S/C15H25N3/c1-11-5-6-13(8-16)14(7-11)18-9-12(2)15(10-18)17(3)4/h5-7,12,15H,8-10,16H2,1-4H3. The van der Waals surface area contributed by atoms with Crippen LogP contribution in [-0.4, -0.2) is 38.1 Å². The highest BCUT2D eigenvalue weighted by Crippen LogP contribution is 2.29. The molecule has 2 unspecified atom stereocenters. The highest BCUT2D eigenvalue weighted by molar-refractivity contribution is 5.56. The van der Waals surface area contributed by atoms with E-state index < -0.39 is 0 Å². The van der Waals surface area contributed by atoms with Crippen LogP contribution in [-0.2, 0) is 6.54 Å². The van der Waals surface area contributed by atoms with Crippen LogP contribution >= 0.6 is 0 Å². The van der Waals surface area contributed by atoms with E-state index in [1.165, 1.54) is 16.8 Å². The molecule has 1 aliphatic heterocycles. The van der Waals surface area contributed by atoms with Crippen LogP contribution in [0.25, 0.3) is 0 Å². The average Bonchev–Trinajstić information content (AvgIpc) is 2.71. The van der Waals surface area contributed by atoms with E-state index in [9.17, 15) is 0 Å². The second-order valence-corrected chi connectivity index (χ2v) is 5.75. The van der Waals surface area contributed by atoms with E-state index in [0.717, 1.165) is 13.1 Å². The van der Waals surface area contributed by atoms with Gasteiger partial charge in [0, 0.05) is 31.4 Å². The number of rotatable bonds is 3. The molecule has 2 rings (SSSR count). The summed E-state index contributed by atoms with van der Waals surface area (Å²) in [6.07, 6.45) is 0. The smallest absolute Gasteiger partial charge is 0.0415 e. The second kappa shape index (κ2) is 5.29. The topological polar surface area (TPSA) is 32.5 Å². The van der Waals surface area contributed by atoms with Crippen molar-refractivity contribution in [1.82, 2.24) is 4.90 Å². The zero-order valence-corrected chi connectivity index (χ0v) is 12.0. The molecule has 1 fully saturated rings. The van der Waals surface area contributed by atoms with Crippen molar-refractivity contribution in [3.05, 3.63) is 29.3 Å². The Hall–Kier alpha value is -1.06. The first-order valence-electron chi connectivity index (χ1n) is 6.74. The zero-order chi connectivity index (χ0) is 13.3. The minimum absolute atomic E-state index is 0.618. The van der Waals surface area contributed by atoms with Crippen molar-refractivity contribution in [1.29, 1.82) is 0 Å². The van der Waals surface area contributed by atoms with Crippen molar-refractivity contribution in [2.75, 3.05) is 32.1 Å². The lowest BCUT2D eigenvalue weighted by Crippen LogP contribution is -2.34. The fraction of sp³-hybridized carbons (Fsp3) is 0.600. The van der Waals surface area contributed by atoms with Crippen LogP contribution in [0.4, 0.5) is 5.69 Å². The number of benzene rings is 1.